The molecule has 8 rings (SSSR count). The molecule has 0 radical (unpaired) electrons. The number of halogens is 1. The van der Waals surface area contributed by atoms with Crippen LogP contribution in [0.2, 0.25) is 5.02 Å². The van der Waals surface area contributed by atoms with Crippen LogP contribution in [0.3, 0.4) is 0 Å². The van der Waals surface area contributed by atoms with E-state index in [4.69, 9.17) is 21.0 Å². The average Bonchev–Trinajstić information content (AvgIpc) is 3.59. The molecule has 2 aliphatic heterocycles. The van der Waals surface area contributed by atoms with Crippen molar-refractivity contribution in [3.63, 3.8) is 0 Å². The zero-order valence-corrected chi connectivity index (χ0v) is 24.6. The van der Waals surface area contributed by atoms with Gasteiger partial charge in [0.05, 0.1) is 33.4 Å². The molecule has 1 spiro atoms. The van der Waals surface area contributed by atoms with Gasteiger partial charge in [0.15, 0.2) is 16.1 Å². The van der Waals surface area contributed by atoms with Crippen molar-refractivity contribution in [3.05, 3.63) is 134 Å². The maximum Gasteiger partial charge on any atom is 0.297 e. The Labute approximate surface area is 254 Å². The van der Waals surface area contributed by atoms with Crippen molar-refractivity contribution >= 4 is 66.8 Å². The van der Waals surface area contributed by atoms with E-state index in [9.17, 15) is 9.59 Å². The van der Waals surface area contributed by atoms with Gasteiger partial charge in [0, 0.05) is 10.6 Å². The van der Waals surface area contributed by atoms with E-state index in [0.29, 0.717) is 26.9 Å². The van der Waals surface area contributed by atoms with Crippen LogP contribution < -0.4 is 15.2 Å². The predicted molar refractivity (Wildman–Crippen MR) is 168 cm³/mol. The van der Waals surface area contributed by atoms with Gasteiger partial charge in [0.25, 0.3) is 11.8 Å². The number of benzene rings is 4. The van der Waals surface area contributed by atoms with Gasteiger partial charge in [0.2, 0.25) is 5.76 Å². The Morgan fingerprint density at radius 2 is 1.72 bits per heavy atom. The average molecular weight is 604 g/mol. The normalized spacial score (nSPS) is 17.5. The Hall–Kier alpha value is -4.79. The first-order valence-corrected chi connectivity index (χ1v) is 14.9. The Morgan fingerprint density at radius 3 is 2.56 bits per heavy atom. The minimum absolute atomic E-state index is 0.0214. The van der Waals surface area contributed by atoms with E-state index in [-0.39, 0.29) is 28.8 Å². The molecule has 2 aromatic heterocycles. The second-order valence-corrected chi connectivity index (χ2v) is 12.4. The van der Waals surface area contributed by atoms with Gasteiger partial charge < -0.3 is 9.32 Å². The van der Waals surface area contributed by atoms with E-state index < -0.39 is 22.8 Å². The lowest BCUT2D eigenvalue weighted by atomic mass is 9.84. The van der Waals surface area contributed by atoms with Crippen LogP contribution in [0.15, 0.2) is 94.1 Å². The SMILES string of the molecule is Cc1cccc(CN2C(=O)C3(c4ccccc42)c2c(oc4ccc(Cl)cc4c2=O)C(=O)N3c2nc3ccc(C)cc3s2)c1. The molecule has 4 heterocycles. The van der Waals surface area contributed by atoms with Crippen molar-refractivity contribution in [2.24, 2.45) is 0 Å². The third-order valence-corrected chi connectivity index (χ3v) is 9.47. The van der Waals surface area contributed by atoms with E-state index in [2.05, 4.69) is 0 Å². The van der Waals surface area contributed by atoms with Crippen LogP contribution >= 0.6 is 22.9 Å². The molecule has 0 bridgehead atoms. The number of hydrogen-bond donors (Lipinski definition) is 0. The predicted octanol–water partition coefficient (Wildman–Crippen LogP) is 7.12. The Bertz CT molecular complexity index is 2260. The summed E-state index contributed by atoms with van der Waals surface area (Å²) < 4.78 is 7.03. The number of thiazole rings is 1. The summed E-state index contributed by atoms with van der Waals surface area (Å²) in [6.45, 7) is 4.23. The molecule has 2 amide bonds. The summed E-state index contributed by atoms with van der Waals surface area (Å²) in [5, 5.41) is 0.845. The first-order chi connectivity index (χ1) is 20.8. The largest absolute Gasteiger partial charge is 0.450 e. The summed E-state index contributed by atoms with van der Waals surface area (Å²) in [5.74, 6) is -1.19. The summed E-state index contributed by atoms with van der Waals surface area (Å²) >= 11 is 7.60. The van der Waals surface area contributed by atoms with E-state index >= 15 is 4.79 Å². The number of anilines is 2. The highest BCUT2D eigenvalue weighted by Crippen LogP contribution is 2.55. The quantitative estimate of drug-likeness (QED) is 0.215. The monoisotopic (exact) mass is 603 g/mol. The summed E-state index contributed by atoms with van der Waals surface area (Å²) in [4.78, 5) is 51.9. The number of rotatable bonds is 3. The topological polar surface area (TPSA) is 83.7 Å². The van der Waals surface area contributed by atoms with Gasteiger partial charge in [-0.1, -0.05) is 77.0 Å². The summed E-state index contributed by atoms with van der Waals surface area (Å²) in [6, 6.07) is 25.7. The number of carbonyl (C=O) groups excluding carboxylic acids is 2. The standard InChI is InChI=1S/C34H22ClN3O4S/c1-18-6-5-7-20(14-18)17-37-25-9-4-3-8-23(25)34(32(37)41)28-29(39)22-16-21(35)11-13-26(22)42-30(28)31(40)38(34)33-36-24-12-10-19(2)15-27(24)43-33/h3-16H,17H2,1-2H3. The highest BCUT2D eigenvalue weighted by atomic mass is 35.5. The van der Waals surface area contributed by atoms with Crippen molar-refractivity contribution < 1.29 is 14.0 Å². The Kier molecular flexibility index (Phi) is 5.48. The number of carbonyl (C=O) groups is 2. The van der Waals surface area contributed by atoms with Crippen LogP contribution in [0.5, 0.6) is 0 Å². The van der Waals surface area contributed by atoms with Crippen LogP contribution in [0, 0.1) is 13.8 Å². The molecule has 9 heteroatoms. The number of hydrogen-bond acceptors (Lipinski definition) is 6. The van der Waals surface area contributed by atoms with Gasteiger partial charge in [0.1, 0.15) is 5.58 Å². The summed E-state index contributed by atoms with van der Waals surface area (Å²) in [5.41, 5.74) is 2.73. The van der Waals surface area contributed by atoms with Crippen molar-refractivity contribution in [2.45, 2.75) is 25.9 Å². The number of para-hydroxylation sites is 1. The maximum absolute atomic E-state index is 15.1. The van der Waals surface area contributed by atoms with Crippen LogP contribution in [-0.4, -0.2) is 16.8 Å². The lowest BCUT2D eigenvalue weighted by Crippen LogP contribution is -2.53. The minimum Gasteiger partial charge on any atom is -0.450 e. The van der Waals surface area contributed by atoms with Crippen LogP contribution in [0.25, 0.3) is 21.2 Å². The van der Waals surface area contributed by atoms with Crippen LogP contribution in [0.4, 0.5) is 10.8 Å². The maximum atomic E-state index is 15.1. The molecule has 0 N–H and O–H groups in total. The molecule has 43 heavy (non-hydrogen) atoms. The molecule has 0 saturated heterocycles. The minimum atomic E-state index is -1.83. The third kappa shape index (κ3) is 3.54. The van der Waals surface area contributed by atoms with E-state index in [0.717, 1.165) is 21.4 Å². The van der Waals surface area contributed by atoms with Crippen molar-refractivity contribution in [1.29, 1.82) is 0 Å². The number of aryl methyl sites for hydroxylation is 2. The fraction of sp³-hybridized carbons (Fsp3) is 0.118. The summed E-state index contributed by atoms with van der Waals surface area (Å²) in [7, 11) is 0. The molecule has 4 aromatic carbocycles. The molecule has 210 valence electrons. The Balaban J connectivity index is 1.46. The lowest BCUT2D eigenvalue weighted by Gasteiger charge is -2.32. The Morgan fingerprint density at radius 1 is 0.907 bits per heavy atom. The zero-order valence-electron chi connectivity index (χ0n) is 23.1. The smallest absolute Gasteiger partial charge is 0.297 e. The van der Waals surface area contributed by atoms with Crippen molar-refractivity contribution in [2.75, 3.05) is 9.80 Å². The van der Waals surface area contributed by atoms with E-state index in [1.54, 1.807) is 23.1 Å². The first kappa shape index (κ1) is 25.9. The first-order valence-electron chi connectivity index (χ1n) is 13.7. The second-order valence-electron chi connectivity index (χ2n) is 11.0. The number of aromatic nitrogens is 1. The molecule has 0 fully saturated rings. The van der Waals surface area contributed by atoms with Gasteiger partial charge >= 0.3 is 0 Å². The van der Waals surface area contributed by atoms with Crippen molar-refractivity contribution in [3.8, 4) is 0 Å². The molecule has 1 atom stereocenters. The zero-order chi connectivity index (χ0) is 29.6. The van der Waals surface area contributed by atoms with Crippen LogP contribution in [0.1, 0.15) is 38.4 Å². The molecule has 0 aliphatic carbocycles. The van der Waals surface area contributed by atoms with Gasteiger partial charge in [-0.2, -0.15) is 0 Å². The molecule has 7 nitrogen and oxygen atoms in total. The number of nitrogens with zero attached hydrogens (tertiary/aromatic N) is 3. The van der Waals surface area contributed by atoms with Crippen LogP contribution in [-0.2, 0) is 16.9 Å². The van der Waals surface area contributed by atoms with E-state index in [1.165, 1.54) is 22.3 Å². The second kappa shape index (κ2) is 9.10. The highest BCUT2D eigenvalue weighted by molar-refractivity contribution is 7.22. The fourth-order valence-corrected chi connectivity index (χ4v) is 7.69. The number of amides is 2. The van der Waals surface area contributed by atoms with Gasteiger partial charge in [-0.25, -0.2) is 4.98 Å². The molecule has 0 saturated carbocycles. The number of fused-ring (bicyclic) bond motifs is 6. The molecular weight excluding hydrogens is 582 g/mol. The fourth-order valence-electron chi connectivity index (χ4n) is 6.40. The third-order valence-electron chi connectivity index (χ3n) is 8.23. The molecule has 1 unspecified atom stereocenters. The van der Waals surface area contributed by atoms with Crippen molar-refractivity contribution in [1.82, 2.24) is 4.98 Å². The molecule has 6 aromatic rings. The van der Waals surface area contributed by atoms with Gasteiger partial charge in [-0.15, -0.1) is 0 Å². The lowest BCUT2D eigenvalue weighted by molar-refractivity contribution is -0.121. The van der Waals surface area contributed by atoms with E-state index in [1.807, 2.05) is 74.5 Å². The highest BCUT2D eigenvalue weighted by Gasteiger charge is 2.66. The van der Waals surface area contributed by atoms with Gasteiger partial charge in [-0.3, -0.25) is 19.3 Å². The van der Waals surface area contributed by atoms with Gasteiger partial charge in [-0.05, 0) is 61.4 Å². The molecule has 2 aliphatic rings. The molecular formula is C34H22ClN3O4S. The summed E-state index contributed by atoms with van der Waals surface area (Å²) in [6.07, 6.45) is 0.